The van der Waals surface area contributed by atoms with Crippen molar-refractivity contribution in [2.75, 3.05) is 0 Å². The highest BCUT2D eigenvalue weighted by atomic mass is 19.2. The van der Waals surface area contributed by atoms with Gasteiger partial charge in [-0.1, -0.05) is 69.5 Å². The molecule has 0 spiro atoms. The Hall–Kier alpha value is -2.62. The van der Waals surface area contributed by atoms with Gasteiger partial charge in [0.15, 0.2) is 23.3 Å². The minimum absolute atomic E-state index is 0.0645. The topological polar surface area (TPSA) is 0 Å². The van der Waals surface area contributed by atoms with E-state index in [0.29, 0.717) is 47.4 Å². The lowest BCUT2D eigenvalue weighted by Gasteiger charge is -2.30. The van der Waals surface area contributed by atoms with E-state index in [4.69, 9.17) is 0 Å². The molecule has 0 unspecified atom stereocenters. The van der Waals surface area contributed by atoms with E-state index >= 15 is 8.78 Å². The summed E-state index contributed by atoms with van der Waals surface area (Å²) in [6.45, 7) is 4.12. The fraction of sp³-hybridized carbons (Fsp3) is 0.455. The highest BCUT2D eigenvalue weighted by molar-refractivity contribution is 5.79. The molecule has 0 heterocycles. The number of halogens is 4. The van der Waals surface area contributed by atoms with Crippen molar-refractivity contribution in [3.05, 3.63) is 93.0 Å². The normalized spacial score (nSPS) is 18.6. The molecule has 0 N–H and O–H groups in total. The van der Waals surface area contributed by atoms with Gasteiger partial charge in [0.1, 0.15) is 0 Å². The van der Waals surface area contributed by atoms with Gasteiger partial charge in [0.05, 0.1) is 0 Å². The van der Waals surface area contributed by atoms with Crippen LogP contribution in [-0.2, 0) is 19.3 Å². The number of unbranched alkanes of at least 4 members (excludes halogenated alkanes) is 2. The van der Waals surface area contributed by atoms with E-state index in [9.17, 15) is 8.78 Å². The number of hydrogen-bond donors (Lipinski definition) is 0. The monoisotopic (exact) mass is 508 g/mol. The van der Waals surface area contributed by atoms with Crippen LogP contribution in [0.3, 0.4) is 0 Å². The van der Waals surface area contributed by atoms with Gasteiger partial charge in [0.2, 0.25) is 0 Å². The zero-order valence-electron chi connectivity index (χ0n) is 21.9. The van der Waals surface area contributed by atoms with Crippen LogP contribution < -0.4 is 0 Å². The highest BCUT2D eigenvalue weighted by Gasteiger charge is 2.34. The van der Waals surface area contributed by atoms with Crippen LogP contribution in [0.15, 0.2) is 36.4 Å². The Morgan fingerprint density at radius 1 is 0.649 bits per heavy atom. The molecular formula is C33H36F4. The average molecular weight is 509 g/mol. The Labute approximate surface area is 218 Å². The molecule has 1 fully saturated rings. The largest absolute Gasteiger partial charge is 0.203 e. The predicted octanol–water partition coefficient (Wildman–Crippen LogP) is 9.94. The van der Waals surface area contributed by atoms with Crippen molar-refractivity contribution >= 4 is 0 Å². The number of aryl methyl sites for hydroxylation is 2. The lowest BCUT2D eigenvalue weighted by molar-refractivity contribution is 0.381. The SMILES string of the molecule is CCCCCc1ccc(C2CCC(c3cc4c(c(F)c3F)-c3c(cc(CCC)c(F)c3F)C4)CC2)cc1. The molecule has 196 valence electrons. The second-order valence-corrected chi connectivity index (χ2v) is 11.0. The van der Waals surface area contributed by atoms with E-state index in [2.05, 4.69) is 31.2 Å². The van der Waals surface area contributed by atoms with E-state index < -0.39 is 23.3 Å². The van der Waals surface area contributed by atoms with Crippen LogP contribution in [0.1, 0.15) is 110 Å². The molecule has 2 aliphatic carbocycles. The molecule has 0 aliphatic heterocycles. The summed E-state index contributed by atoms with van der Waals surface area (Å²) in [5, 5.41) is 0. The Morgan fingerprint density at radius 2 is 1.27 bits per heavy atom. The highest BCUT2D eigenvalue weighted by Crippen LogP contribution is 2.47. The molecule has 3 aromatic rings. The fourth-order valence-corrected chi connectivity index (χ4v) is 6.48. The van der Waals surface area contributed by atoms with Crippen LogP contribution in [-0.4, -0.2) is 0 Å². The first kappa shape index (κ1) is 26.0. The summed E-state index contributed by atoms with van der Waals surface area (Å²) in [4.78, 5) is 0. The molecule has 3 aromatic carbocycles. The fourth-order valence-electron chi connectivity index (χ4n) is 6.48. The van der Waals surface area contributed by atoms with Gasteiger partial charge >= 0.3 is 0 Å². The molecule has 0 atom stereocenters. The van der Waals surface area contributed by atoms with E-state index in [0.717, 1.165) is 32.1 Å². The molecule has 5 rings (SSSR count). The first-order valence-corrected chi connectivity index (χ1v) is 14.0. The number of rotatable bonds is 8. The molecule has 37 heavy (non-hydrogen) atoms. The van der Waals surface area contributed by atoms with Crippen molar-refractivity contribution in [1.29, 1.82) is 0 Å². The van der Waals surface area contributed by atoms with Gasteiger partial charge in [0.25, 0.3) is 0 Å². The first-order chi connectivity index (χ1) is 17.9. The molecule has 0 saturated heterocycles. The quantitative estimate of drug-likeness (QED) is 0.164. The zero-order valence-corrected chi connectivity index (χ0v) is 21.9. The van der Waals surface area contributed by atoms with Crippen molar-refractivity contribution in [2.45, 2.75) is 96.3 Å². The van der Waals surface area contributed by atoms with Gasteiger partial charge in [-0.15, -0.1) is 0 Å². The van der Waals surface area contributed by atoms with E-state index in [-0.39, 0.29) is 17.0 Å². The lowest BCUT2D eigenvalue weighted by Crippen LogP contribution is -2.14. The summed E-state index contributed by atoms with van der Waals surface area (Å²) in [6.07, 6.45) is 9.64. The number of benzene rings is 3. The lowest BCUT2D eigenvalue weighted by atomic mass is 9.75. The number of hydrogen-bond acceptors (Lipinski definition) is 0. The van der Waals surface area contributed by atoms with E-state index in [1.807, 2.05) is 6.92 Å². The van der Waals surface area contributed by atoms with Gasteiger partial charge in [-0.2, -0.15) is 0 Å². The average Bonchev–Trinajstić information content (AvgIpc) is 3.28. The van der Waals surface area contributed by atoms with Crippen LogP contribution >= 0.6 is 0 Å². The van der Waals surface area contributed by atoms with Crippen molar-refractivity contribution in [3.8, 4) is 11.1 Å². The van der Waals surface area contributed by atoms with Crippen molar-refractivity contribution < 1.29 is 17.6 Å². The molecule has 1 saturated carbocycles. The Bertz CT molecular complexity index is 1270. The summed E-state index contributed by atoms with van der Waals surface area (Å²) >= 11 is 0. The standard InChI is InChI=1S/C33H36F4/c1-3-5-6-8-20-9-11-21(12-10-20)22-13-15-23(16-14-22)27-19-26-18-25-17-24(7-4-2)30(34)32(36)28(25)29(26)33(37)31(27)35/h9-12,17,19,22-23H,3-8,13-16,18H2,1-2H3. The molecule has 0 bridgehead atoms. The maximum absolute atomic E-state index is 15.4. The minimum atomic E-state index is -1.05. The van der Waals surface area contributed by atoms with Gasteiger partial charge < -0.3 is 0 Å². The number of fused-ring (bicyclic) bond motifs is 3. The van der Waals surface area contributed by atoms with Gasteiger partial charge in [-0.05, 0) is 96.6 Å². The van der Waals surface area contributed by atoms with Crippen LogP contribution in [0.4, 0.5) is 17.6 Å². The van der Waals surface area contributed by atoms with Gasteiger partial charge in [-0.25, -0.2) is 17.6 Å². The van der Waals surface area contributed by atoms with Gasteiger partial charge in [-0.3, -0.25) is 0 Å². The first-order valence-electron chi connectivity index (χ1n) is 14.0. The zero-order chi connectivity index (χ0) is 26.1. The predicted molar refractivity (Wildman–Crippen MR) is 142 cm³/mol. The Kier molecular flexibility index (Phi) is 7.74. The summed E-state index contributed by atoms with van der Waals surface area (Å²) in [7, 11) is 0. The molecule has 0 aromatic heterocycles. The maximum atomic E-state index is 15.4. The van der Waals surface area contributed by atoms with Gasteiger partial charge in [0, 0.05) is 11.1 Å². The van der Waals surface area contributed by atoms with Crippen LogP contribution in [0, 0.1) is 23.3 Å². The third-order valence-corrected chi connectivity index (χ3v) is 8.52. The van der Waals surface area contributed by atoms with Crippen molar-refractivity contribution in [1.82, 2.24) is 0 Å². The summed E-state index contributed by atoms with van der Waals surface area (Å²) in [5.41, 5.74) is 4.32. The van der Waals surface area contributed by atoms with Crippen LogP contribution in [0.2, 0.25) is 0 Å². The second-order valence-electron chi connectivity index (χ2n) is 11.0. The molecule has 0 amide bonds. The Morgan fingerprint density at radius 3 is 1.92 bits per heavy atom. The van der Waals surface area contributed by atoms with E-state index in [1.54, 1.807) is 12.1 Å². The molecule has 2 aliphatic rings. The second kappa shape index (κ2) is 11.0. The molecular weight excluding hydrogens is 472 g/mol. The van der Waals surface area contributed by atoms with Crippen molar-refractivity contribution in [3.63, 3.8) is 0 Å². The molecule has 0 nitrogen and oxygen atoms in total. The smallest absolute Gasteiger partial charge is 0.167 e. The third kappa shape index (κ3) is 4.96. The van der Waals surface area contributed by atoms with E-state index in [1.165, 1.54) is 30.4 Å². The molecule has 0 radical (unpaired) electrons. The maximum Gasteiger partial charge on any atom is 0.167 e. The van der Waals surface area contributed by atoms with Crippen molar-refractivity contribution in [2.24, 2.45) is 0 Å². The Balaban J connectivity index is 1.33. The minimum Gasteiger partial charge on any atom is -0.203 e. The summed E-state index contributed by atoms with van der Waals surface area (Å²) in [6, 6.07) is 12.3. The molecule has 4 heteroatoms. The summed E-state index contributed by atoms with van der Waals surface area (Å²) < 4.78 is 60.3. The van der Waals surface area contributed by atoms with Crippen LogP contribution in [0.25, 0.3) is 11.1 Å². The summed E-state index contributed by atoms with van der Waals surface area (Å²) in [5.74, 6) is -3.56. The third-order valence-electron chi connectivity index (χ3n) is 8.52. The van der Waals surface area contributed by atoms with Crippen LogP contribution in [0.5, 0.6) is 0 Å².